The van der Waals surface area contributed by atoms with Gasteiger partial charge in [-0.05, 0) is 58.1 Å². The zero-order chi connectivity index (χ0) is 21.8. The number of likely N-dealkylation sites (tertiary alicyclic amines) is 1. The average Bonchev–Trinajstić information content (AvgIpc) is 3.21. The van der Waals surface area contributed by atoms with Crippen LogP contribution in [-0.2, 0) is 4.74 Å². The Kier molecular flexibility index (Phi) is 4.91. The van der Waals surface area contributed by atoms with Crippen LogP contribution >= 0.6 is 0 Å². The van der Waals surface area contributed by atoms with Gasteiger partial charge in [-0.2, -0.15) is 0 Å². The third kappa shape index (κ3) is 3.70. The van der Waals surface area contributed by atoms with Gasteiger partial charge in [0.25, 0.3) is 5.91 Å². The van der Waals surface area contributed by atoms with Crippen LogP contribution in [0.5, 0.6) is 0 Å². The van der Waals surface area contributed by atoms with E-state index in [4.69, 9.17) is 10.5 Å². The fraction of sp³-hybridized carbons (Fsp3) is 0.545. The van der Waals surface area contributed by atoms with Gasteiger partial charge in [0.1, 0.15) is 11.4 Å². The van der Waals surface area contributed by atoms with E-state index in [1.165, 1.54) is 6.07 Å². The standard InChI is InChI=1S/C22H29FN4O3/c1-12-7-15-18(25-12)16(20(24)28)8-17(23)19(15)26-6-5-13-9-27(11-14(13)10-26)21(29)30-22(2,3)4/h7-8,13-14,25H,5-6,9-11H2,1-4H3,(H2,24,28). The highest BCUT2D eigenvalue weighted by molar-refractivity contribution is 6.09. The molecule has 0 bridgehead atoms. The molecule has 2 aliphatic heterocycles. The number of ether oxygens (including phenoxy) is 1. The summed E-state index contributed by atoms with van der Waals surface area (Å²) in [5, 5.41) is 0.668. The first-order valence-electron chi connectivity index (χ1n) is 10.4. The predicted molar refractivity (Wildman–Crippen MR) is 113 cm³/mol. The quantitative estimate of drug-likeness (QED) is 0.785. The van der Waals surface area contributed by atoms with Crippen LogP contribution in [0.1, 0.15) is 43.2 Å². The van der Waals surface area contributed by atoms with Crippen molar-refractivity contribution in [2.45, 2.75) is 39.7 Å². The van der Waals surface area contributed by atoms with Crippen LogP contribution in [0.3, 0.4) is 0 Å². The van der Waals surface area contributed by atoms with Crippen molar-refractivity contribution in [2.75, 3.05) is 31.1 Å². The number of aryl methyl sites for hydroxylation is 1. The van der Waals surface area contributed by atoms with Crippen molar-refractivity contribution in [1.29, 1.82) is 0 Å². The van der Waals surface area contributed by atoms with Crippen LogP contribution < -0.4 is 10.6 Å². The summed E-state index contributed by atoms with van der Waals surface area (Å²) in [4.78, 5) is 31.2. The molecule has 0 saturated carbocycles. The molecule has 1 aromatic heterocycles. The summed E-state index contributed by atoms with van der Waals surface area (Å²) in [6.45, 7) is 10.1. The summed E-state index contributed by atoms with van der Waals surface area (Å²) in [6, 6.07) is 3.08. The molecule has 162 valence electrons. The van der Waals surface area contributed by atoms with E-state index in [-0.39, 0.29) is 17.6 Å². The minimum Gasteiger partial charge on any atom is -0.444 e. The molecule has 30 heavy (non-hydrogen) atoms. The van der Waals surface area contributed by atoms with Crippen LogP contribution in [0.4, 0.5) is 14.9 Å². The molecular weight excluding hydrogens is 387 g/mol. The maximum atomic E-state index is 15.1. The average molecular weight is 416 g/mol. The Balaban J connectivity index is 1.59. The highest BCUT2D eigenvalue weighted by atomic mass is 19.1. The van der Waals surface area contributed by atoms with E-state index < -0.39 is 17.3 Å². The van der Waals surface area contributed by atoms with Crippen molar-refractivity contribution < 1.29 is 18.7 Å². The van der Waals surface area contributed by atoms with Crippen LogP contribution in [0.25, 0.3) is 10.9 Å². The summed E-state index contributed by atoms with van der Waals surface area (Å²) in [5.74, 6) is -0.479. The predicted octanol–water partition coefficient (Wildman–Crippen LogP) is 3.41. The molecule has 2 atom stereocenters. The second-order valence-electron chi connectivity index (χ2n) is 9.50. The zero-order valence-corrected chi connectivity index (χ0v) is 17.9. The Bertz CT molecular complexity index is 1010. The second-order valence-corrected chi connectivity index (χ2v) is 9.50. The number of aromatic nitrogens is 1. The lowest BCUT2D eigenvalue weighted by molar-refractivity contribution is 0.0284. The molecular formula is C22H29FN4O3. The Hall–Kier alpha value is -2.77. The smallest absolute Gasteiger partial charge is 0.410 e. The molecule has 7 nitrogen and oxygen atoms in total. The van der Waals surface area contributed by atoms with Crippen molar-refractivity contribution in [3.05, 3.63) is 29.2 Å². The van der Waals surface area contributed by atoms with Gasteiger partial charge in [-0.25, -0.2) is 9.18 Å². The largest absolute Gasteiger partial charge is 0.444 e. The number of amides is 2. The summed E-state index contributed by atoms with van der Waals surface area (Å²) in [7, 11) is 0. The molecule has 0 radical (unpaired) electrons. The third-order valence-corrected chi connectivity index (χ3v) is 6.01. The van der Waals surface area contributed by atoms with Crippen LogP contribution in [0.15, 0.2) is 12.1 Å². The maximum Gasteiger partial charge on any atom is 0.410 e. The SMILES string of the molecule is Cc1cc2c(N3CCC4CN(C(=O)OC(C)(C)C)CC4C3)c(F)cc(C(N)=O)c2[nH]1. The lowest BCUT2D eigenvalue weighted by Gasteiger charge is -2.36. The van der Waals surface area contributed by atoms with Crippen LogP contribution in [0.2, 0.25) is 0 Å². The number of aromatic amines is 1. The fourth-order valence-electron chi connectivity index (χ4n) is 4.75. The maximum absolute atomic E-state index is 15.1. The first-order chi connectivity index (χ1) is 14.0. The fourth-order valence-corrected chi connectivity index (χ4v) is 4.75. The van der Waals surface area contributed by atoms with Gasteiger partial charge in [0, 0.05) is 37.3 Å². The van der Waals surface area contributed by atoms with E-state index in [0.717, 1.165) is 12.1 Å². The first-order valence-corrected chi connectivity index (χ1v) is 10.4. The Morgan fingerprint density at radius 1 is 1.20 bits per heavy atom. The first kappa shape index (κ1) is 20.5. The molecule has 3 N–H and O–H groups in total. The molecule has 0 aliphatic carbocycles. The number of hydrogen-bond donors (Lipinski definition) is 2. The van der Waals surface area contributed by atoms with Gasteiger partial charge < -0.3 is 25.3 Å². The summed E-state index contributed by atoms with van der Waals surface area (Å²) in [6.07, 6.45) is 0.579. The van der Waals surface area contributed by atoms with E-state index in [1.807, 2.05) is 38.7 Å². The molecule has 1 aromatic carbocycles. The van der Waals surface area contributed by atoms with E-state index in [9.17, 15) is 9.59 Å². The Morgan fingerprint density at radius 2 is 1.90 bits per heavy atom. The topological polar surface area (TPSA) is 91.7 Å². The number of fused-ring (bicyclic) bond motifs is 2. The molecule has 2 amide bonds. The molecule has 2 unspecified atom stereocenters. The molecule has 2 aliphatic rings. The zero-order valence-electron chi connectivity index (χ0n) is 17.9. The van der Waals surface area contributed by atoms with E-state index >= 15 is 4.39 Å². The van der Waals surface area contributed by atoms with Crippen molar-refractivity contribution in [3.63, 3.8) is 0 Å². The van der Waals surface area contributed by atoms with Crippen LogP contribution in [0, 0.1) is 24.6 Å². The third-order valence-electron chi connectivity index (χ3n) is 6.01. The molecule has 4 rings (SSSR count). The van der Waals surface area contributed by atoms with Crippen molar-refractivity contribution in [2.24, 2.45) is 17.6 Å². The normalized spacial score (nSPS) is 21.8. The van der Waals surface area contributed by atoms with Crippen LogP contribution in [-0.4, -0.2) is 53.7 Å². The summed E-state index contributed by atoms with van der Waals surface area (Å²) < 4.78 is 20.6. The minimum absolute atomic E-state index is 0.159. The van der Waals surface area contributed by atoms with Crippen molar-refractivity contribution in [3.8, 4) is 0 Å². The Labute approximate surface area is 175 Å². The lowest BCUT2D eigenvalue weighted by atomic mass is 9.88. The van der Waals surface area contributed by atoms with E-state index in [2.05, 4.69) is 4.98 Å². The van der Waals surface area contributed by atoms with Gasteiger partial charge in [0.2, 0.25) is 0 Å². The number of piperidine rings is 1. The van der Waals surface area contributed by atoms with E-state index in [0.29, 0.717) is 48.7 Å². The number of nitrogens with one attached hydrogen (secondary N) is 1. The highest BCUT2D eigenvalue weighted by Gasteiger charge is 2.41. The number of rotatable bonds is 2. The number of halogens is 1. The van der Waals surface area contributed by atoms with Gasteiger partial charge in [-0.1, -0.05) is 0 Å². The molecule has 2 fully saturated rings. The molecule has 3 heterocycles. The monoisotopic (exact) mass is 416 g/mol. The number of H-pyrrole nitrogens is 1. The second kappa shape index (κ2) is 7.18. The number of anilines is 1. The highest BCUT2D eigenvalue weighted by Crippen LogP contribution is 2.39. The summed E-state index contributed by atoms with van der Waals surface area (Å²) in [5.41, 5.74) is 6.99. The number of hydrogen-bond acceptors (Lipinski definition) is 4. The van der Waals surface area contributed by atoms with Gasteiger partial charge in [-0.15, -0.1) is 0 Å². The number of carbonyl (C=O) groups excluding carboxylic acids is 2. The Morgan fingerprint density at radius 3 is 2.57 bits per heavy atom. The summed E-state index contributed by atoms with van der Waals surface area (Å²) >= 11 is 0. The number of nitrogens with two attached hydrogens (primary N) is 1. The van der Waals surface area contributed by atoms with Gasteiger partial charge >= 0.3 is 6.09 Å². The molecule has 2 saturated heterocycles. The van der Waals surface area contributed by atoms with Crippen molar-refractivity contribution >= 4 is 28.6 Å². The molecule has 2 aromatic rings. The van der Waals surface area contributed by atoms with Gasteiger partial charge in [0.15, 0.2) is 0 Å². The molecule has 8 heteroatoms. The number of carbonyl (C=O) groups is 2. The van der Waals surface area contributed by atoms with E-state index in [1.54, 1.807) is 4.90 Å². The van der Waals surface area contributed by atoms with Gasteiger partial charge in [0.05, 0.1) is 16.8 Å². The number of nitrogens with zero attached hydrogens (tertiary/aromatic N) is 2. The lowest BCUT2D eigenvalue weighted by Crippen LogP contribution is -2.40. The van der Waals surface area contributed by atoms with Crippen molar-refractivity contribution in [1.82, 2.24) is 9.88 Å². The molecule has 0 spiro atoms. The number of primary amides is 1. The van der Waals surface area contributed by atoms with Gasteiger partial charge in [-0.3, -0.25) is 4.79 Å². The minimum atomic E-state index is -0.658. The number of benzene rings is 1.